The zero-order chi connectivity index (χ0) is 50.0. The Labute approximate surface area is 426 Å². The minimum absolute atomic E-state index is 0.0991. The van der Waals surface area contributed by atoms with Crippen molar-refractivity contribution in [3.63, 3.8) is 0 Å². The van der Waals surface area contributed by atoms with Crippen LogP contribution < -0.4 is 0 Å². The van der Waals surface area contributed by atoms with Crippen LogP contribution in [0.5, 0.6) is 0 Å². The highest BCUT2D eigenvalue weighted by Gasteiger charge is 2.19. The second kappa shape index (κ2) is 56.9. The molecule has 0 unspecified atom stereocenters. The minimum Gasteiger partial charge on any atom is -0.462 e. The summed E-state index contributed by atoms with van der Waals surface area (Å²) in [5, 5.41) is 0. The first-order valence-corrected chi connectivity index (χ1v) is 28.7. The van der Waals surface area contributed by atoms with Gasteiger partial charge in [-0.05, 0) is 122 Å². The van der Waals surface area contributed by atoms with Gasteiger partial charge < -0.3 is 14.2 Å². The number of unbranched alkanes of at least 4 members (excludes halogenated alkanes) is 24. The van der Waals surface area contributed by atoms with Gasteiger partial charge in [0, 0.05) is 19.3 Å². The first-order chi connectivity index (χ1) is 34.0. The molecule has 0 aromatic heterocycles. The van der Waals surface area contributed by atoms with Crippen molar-refractivity contribution < 1.29 is 28.6 Å². The first kappa shape index (κ1) is 65.3. The highest BCUT2D eigenvalue weighted by Crippen LogP contribution is 2.14. The number of hydrogen-bond acceptors (Lipinski definition) is 6. The minimum atomic E-state index is -0.802. The van der Waals surface area contributed by atoms with Crippen molar-refractivity contribution in [2.24, 2.45) is 0 Å². The summed E-state index contributed by atoms with van der Waals surface area (Å²) in [7, 11) is 0. The average Bonchev–Trinajstić information content (AvgIpc) is 3.35. The molecule has 6 nitrogen and oxygen atoms in total. The van der Waals surface area contributed by atoms with Gasteiger partial charge in [-0.3, -0.25) is 14.4 Å². The number of rotatable bonds is 51. The lowest BCUT2D eigenvalue weighted by Gasteiger charge is -2.18. The average molecular weight is 960 g/mol. The van der Waals surface area contributed by atoms with Crippen LogP contribution in [0.15, 0.2) is 97.2 Å². The van der Waals surface area contributed by atoms with Crippen molar-refractivity contribution >= 4 is 17.9 Å². The Bertz CT molecular complexity index is 1380. The van der Waals surface area contributed by atoms with Crippen LogP contribution in [-0.2, 0) is 28.6 Å². The molecule has 0 saturated carbocycles. The molecule has 69 heavy (non-hydrogen) atoms. The van der Waals surface area contributed by atoms with Crippen LogP contribution in [0.1, 0.15) is 265 Å². The van der Waals surface area contributed by atoms with Crippen molar-refractivity contribution in [2.75, 3.05) is 13.2 Å². The molecule has 0 saturated heterocycles. The molecule has 0 amide bonds. The molecule has 0 fully saturated rings. The van der Waals surface area contributed by atoms with Crippen molar-refractivity contribution in [1.82, 2.24) is 0 Å². The summed E-state index contributed by atoms with van der Waals surface area (Å²) < 4.78 is 16.8. The predicted octanol–water partition coefficient (Wildman–Crippen LogP) is 19.3. The lowest BCUT2D eigenvalue weighted by molar-refractivity contribution is -0.167. The molecule has 0 rings (SSSR count). The second-order valence-electron chi connectivity index (χ2n) is 18.8. The number of allylic oxidation sites excluding steroid dienone is 16. The van der Waals surface area contributed by atoms with E-state index in [1.807, 2.05) is 0 Å². The van der Waals surface area contributed by atoms with Gasteiger partial charge in [-0.1, -0.05) is 221 Å². The van der Waals surface area contributed by atoms with Gasteiger partial charge in [-0.25, -0.2) is 0 Å². The molecule has 0 N–H and O–H groups in total. The summed E-state index contributed by atoms with van der Waals surface area (Å²) in [5.41, 5.74) is 0. The van der Waals surface area contributed by atoms with E-state index in [0.29, 0.717) is 19.3 Å². The largest absolute Gasteiger partial charge is 0.462 e. The zero-order valence-corrected chi connectivity index (χ0v) is 45.0. The fraction of sp³-hybridized carbons (Fsp3) is 0.698. The van der Waals surface area contributed by atoms with Gasteiger partial charge in [0.1, 0.15) is 13.2 Å². The summed E-state index contributed by atoms with van der Waals surface area (Å²) in [6.07, 6.45) is 75.3. The smallest absolute Gasteiger partial charge is 0.306 e. The molecule has 0 aromatic rings. The van der Waals surface area contributed by atoms with E-state index in [4.69, 9.17) is 14.2 Å². The van der Waals surface area contributed by atoms with E-state index in [2.05, 4.69) is 118 Å². The van der Waals surface area contributed by atoms with Crippen LogP contribution in [0.2, 0.25) is 0 Å². The van der Waals surface area contributed by atoms with Crippen LogP contribution in [0, 0.1) is 0 Å². The number of carbonyl (C=O) groups excluding carboxylic acids is 3. The SMILES string of the molecule is CC/C=C/C/C=C/C/C=C/CCCCCCCC(=O)OC[C@H](COC(=O)CCCCC/C=C/C/C=C/C/C=C/C/C=C/CCCCC)OC(=O)CCCCCCCCC/C=C/CCCCCCCC. The van der Waals surface area contributed by atoms with E-state index in [1.165, 1.54) is 103 Å². The van der Waals surface area contributed by atoms with Gasteiger partial charge in [-0.15, -0.1) is 0 Å². The Morgan fingerprint density at radius 2 is 0.565 bits per heavy atom. The van der Waals surface area contributed by atoms with E-state index >= 15 is 0 Å². The molecule has 1 atom stereocenters. The number of esters is 3. The van der Waals surface area contributed by atoms with Crippen molar-refractivity contribution in [2.45, 2.75) is 271 Å². The van der Waals surface area contributed by atoms with Crippen LogP contribution in [0.25, 0.3) is 0 Å². The van der Waals surface area contributed by atoms with E-state index in [-0.39, 0.29) is 31.1 Å². The Kier molecular flexibility index (Phi) is 53.9. The Morgan fingerprint density at radius 1 is 0.304 bits per heavy atom. The monoisotopic (exact) mass is 959 g/mol. The normalized spacial score (nSPS) is 12.8. The Balaban J connectivity index is 4.48. The molecular formula is C63H106O6. The first-order valence-electron chi connectivity index (χ1n) is 28.7. The van der Waals surface area contributed by atoms with Crippen molar-refractivity contribution in [3.05, 3.63) is 97.2 Å². The van der Waals surface area contributed by atoms with Crippen LogP contribution >= 0.6 is 0 Å². The third kappa shape index (κ3) is 55.1. The summed E-state index contributed by atoms with van der Waals surface area (Å²) in [5.74, 6) is -0.947. The van der Waals surface area contributed by atoms with Crippen LogP contribution in [0.4, 0.5) is 0 Å². The summed E-state index contributed by atoms with van der Waals surface area (Å²) >= 11 is 0. The molecule has 0 aliphatic heterocycles. The second-order valence-corrected chi connectivity index (χ2v) is 18.8. The van der Waals surface area contributed by atoms with Gasteiger partial charge >= 0.3 is 17.9 Å². The molecule has 0 aromatic carbocycles. The molecule has 0 bridgehead atoms. The quantitative estimate of drug-likeness (QED) is 0.0262. The van der Waals surface area contributed by atoms with Gasteiger partial charge in [0.05, 0.1) is 0 Å². The molecule has 0 aliphatic rings. The molecule has 6 heteroatoms. The maximum absolute atomic E-state index is 12.9. The number of ether oxygens (including phenoxy) is 3. The fourth-order valence-corrected chi connectivity index (χ4v) is 7.73. The predicted molar refractivity (Wildman–Crippen MR) is 297 cm³/mol. The summed E-state index contributed by atoms with van der Waals surface area (Å²) in [4.78, 5) is 38.2. The Hall–Kier alpha value is -3.67. The molecule has 0 spiro atoms. The third-order valence-electron chi connectivity index (χ3n) is 12.0. The number of carbonyl (C=O) groups is 3. The lowest BCUT2D eigenvalue weighted by Crippen LogP contribution is -2.30. The van der Waals surface area contributed by atoms with Crippen molar-refractivity contribution in [1.29, 1.82) is 0 Å². The van der Waals surface area contributed by atoms with Crippen LogP contribution in [0.3, 0.4) is 0 Å². The number of hydrogen-bond donors (Lipinski definition) is 0. The van der Waals surface area contributed by atoms with Gasteiger partial charge in [0.15, 0.2) is 6.10 Å². The molecule has 0 heterocycles. The maximum Gasteiger partial charge on any atom is 0.306 e. The third-order valence-corrected chi connectivity index (χ3v) is 12.0. The van der Waals surface area contributed by atoms with E-state index in [1.54, 1.807) is 0 Å². The highest BCUT2D eigenvalue weighted by atomic mass is 16.6. The summed E-state index contributed by atoms with van der Waals surface area (Å²) in [6.45, 7) is 6.46. The topological polar surface area (TPSA) is 78.9 Å². The molecule has 0 aliphatic carbocycles. The standard InChI is InChI=1S/C63H106O6/c1-4-7-10-13-16-19-22-25-28-30-31-33-35-38-41-44-47-50-53-56-62(65)68-59-60(58-67-61(64)55-52-49-46-43-40-37-34-27-24-21-18-15-12-9-6-3)69-63(66)57-54-51-48-45-42-39-36-32-29-26-23-20-17-14-11-8-5-2/h9,12,16,18-19,21,25-29,31,33-34,38,41,60H,4-8,10-11,13-15,17,20,22-24,30,32,35-37,39-40,42-59H2,1-3H3/b12-9+,19-16+,21-18+,28-25+,29-26+,33-31+,34-27+,41-38+/t60-/m1/s1. The lowest BCUT2D eigenvalue weighted by atomic mass is 10.1. The van der Waals surface area contributed by atoms with Crippen molar-refractivity contribution in [3.8, 4) is 0 Å². The molecular weight excluding hydrogens is 853 g/mol. The Morgan fingerprint density at radius 3 is 0.942 bits per heavy atom. The summed E-state index contributed by atoms with van der Waals surface area (Å²) in [6, 6.07) is 0. The fourth-order valence-electron chi connectivity index (χ4n) is 7.73. The maximum atomic E-state index is 12.9. The molecule has 394 valence electrons. The van der Waals surface area contributed by atoms with E-state index < -0.39 is 6.10 Å². The van der Waals surface area contributed by atoms with E-state index in [9.17, 15) is 14.4 Å². The zero-order valence-electron chi connectivity index (χ0n) is 45.0. The van der Waals surface area contributed by atoms with Gasteiger partial charge in [0.25, 0.3) is 0 Å². The van der Waals surface area contributed by atoms with Gasteiger partial charge in [0.2, 0.25) is 0 Å². The van der Waals surface area contributed by atoms with Crippen LogP contribution in [-0.4, -0.2) is 37.2 Å². The molecule has 0 radical (unpaired) electrons. The van der Waals surface area contributed by atoms with E-state index in [0.717, 1.165) is 122 Å². The van der Waals surface area contributed by atoms with Gasteiger partial charge in [-0.2, -0.15) is 0 Å². The highest BCUT2D eigenvalue weighted by molar-refractivity contribution is 5.71.